The fourth-order valence-corrected chi connectivity index (χ4v) is 15.9. The Morgan fingerprint density at radius 3 is 1.64 bits per heavy atom. The number of rotatable bonds is 58. The van der Waals surface area contributed by atoms with Crippen molar-refractivity contribution < 1.29 is 127 Å². The van der Waals surface area contributed by atoms with Gasteiger partial charge in [-0.25, -0.2) is 19.6 Å². The number of nitrogens with one attached hydrogen (secondary N) is 8. The molecule has 39 nitrogen and oxygen atoms in total. The van der Waals surface area contributed by atoms with Gasteiger partial charge in [-0.2, -0.15) is 0 Å². The van der Waals surface area contributed by atoms with Crippen LogP contribution in [0.3, 0.4) is 0 Å². The van der Waals surface area contributed by atoms with Crippen LogP contribution in [0.1, 0.15) is 262 Å². The second-order valence-corrected chi connectivity index (χ2v) is 34.3. The van der Waals surface area contributed by atoms with Crippen molar-refractivity contribution in [3.05, 3.63) is 104 Å². The second-order valence-electron chi connectivity index (χ2n) is 34.3. The molecule has 0 saturated carbocycles. The Hall–Kier alpha value is -12.7. The van der Waals surface area contributed by atoms with Crippen molar-refractivity contribution in [2.24, 2.45) is 56.0 Å². The molecule has 8 bridgehead atoms. The zero-order valence-corrected chi connectivity index (χ0v) is 78.6. The van der Waals surface area contributed by atoms with Gasteiger partial charge in [0.15, 0.2) is 23.1 Å². The minimum atomic E-state index is -1.41. The molecule has 0 fully saturated rings. The van der Waals surface area contributed by atoms with Crippen molar-refractivity contribution in [2.75, 3.05) is 26.2 Å². The van der Waals surface area contributed by atoms with Crippen LogP contribution in [0.4, 0.5) is 4.79 Å². The van der Waals surface area contributed by atoms with Gasteiger partial charge >= 0.3 is 35.9 Å². The fourth-order valence-electron chi connectivity index (χ4n) is 15.9. The van der Waals surface area contributed by atoms with Crippen molar-refractivity contribution in [1.82, 2.24) is 42.5 Å². The van der Waals surface area contributed by atoms with E-state index in [0.29, 0.717) is 83.1 Å². The Bertz CT molecular complexity index is 4820. The maximum Gasteiger partial charge on any atom is 0.326 e. The van der Waals surface area contributed by atoms with E-state index in [2.05, 4.69) is 95.0 Å². The molecule has 0 radical (unpaired) electrons. The van der Waals surface area contributed by atoms with Crippen LogP contribution in [-0.4, -0.2) is 227 Å². The number of aliphatic carboxylic acids is 5. The normalized spacial score (nSPS) is 17.0. The van der Waals surface area contributed by atoms with Gasteiger partial charge in [-0.1, -0.05) is 67.0 Å². The van der Waals surface area contributed by atoms with Gasteiger partial charge in [0.25, 0.3) is 0 Å². The molecule has 0 aromatic carbocycles. The highest BCUT2D eigenvalue weighted by Crippen LogP contribution is 2.48. The largest absolute Gasteiger partial charge is 0.511 e. The van der Waals surface area contributed by atoms with E-state index >= 15 is 0 Å². The van der Waals surface area contributed by atoms with E-state index in [-0.39, 0.29) is 87.2 Å². The number of fused-ring (bicyclic) bond motifs is 5. The number of nitrogens with zero attached hydrogens (tertiary/aromatic N) is 3. The summed E-state index contributed by atoms with van der Waals surface area (Å²) in [5.41, 5.74) is 26.3. The summed E-state index contributed by atoms with van der Waals surface area (Å²) in [6, 6.07) is -7.98. The van der Waals surface area contributed by atoms with E-state index in [1.807, 2.05) is 13.0 Å². The predicted octanol–water partition coefficient (Wildman–Crippen LogP) is 7.29. The first-order valence-corrected chi connectivity index (χ1v) is 45.6. The standard InChI is InChI=1S/C36H61N7O13.C35H37N3O2.C24H37N3O11/c1-3-29(47)41-27(22-44)28(46)17-18-32(50)40-25(34(37)53)12-8-10-20-38-30(48)14-6-4-5-7-15-31(49)39-21-11-9-13-26(35(54)55)43-36(56)42-24(23(2)45)16-19-33(51)52;1-8-24-18(4)22-12-23(24)14-28-19(5)25(9-2)31(36-28)16-30-21(7)33-32(40)15-27(35(33)38-30)34-26(11-10-17(3)39)20(6)29(13-22)37-34;1-4-18(29)17(10-22(35)36)27-24(38)15(12(2)3)9-19(30)16(5-6-20(31)32)26-23(37)13(8-21(33)34)7-14(28)11-25/h24-27,44H,3-22H2,1-2H3,(H2,37,53)(H,38,48)(H,39,49)(H,40,50)(H,41,47)(H,51,52)(H,54,55)(H2,42,43,56);8,13-14,16,20,26,40H,1,9-12,15H2,2-7H3;12-13,15-17H,4-11,25H2,1-3H3,(H,26,37)(H,27,38)(H,31,32)(H,33,34)(H,35,36)/t24-,25?,26-,27?;20-,26+;/m01./s1. The summed E-state index contributed by atoms with van der Waals surface area (Å²) in [6.45, 7) is 23.7. The number of urea groups is 1. The number of carboxylic acid groups (broad SMARTS) is 5. The molecular weight excluding hydrogens is 1740 g/mol. The molecule has 736 valence electrons. The lowest BCUT2D eigenvalue weighted by atomic mass is 9.83. The molecule has 4 heterocycles. The molecule has 6 unspecified atom stereocenters. The van der Waals surface area contributed by atoms with Crippen LogP contribution < -0.4 is 54.0 Å². The molecule has 0 spiro atoms. The smallest absolute Gasteiger partial charge is 0.326 e. The van der Waals surface area contributed by atoms with Gasteiger partial charge in [0.2, 0.25) is 41.4 Å². The number of nitrogens with two attached hydrogens (primary N) is 2. The highest BCUT2D eigenvalue weighted by atomic mass is 16.4. The molecule has 2 aliphatic carbocycles. The summed E-state index contributed by atoms with van der Waals surface area (Å²) in [7, 11) is 0. The molecule has 0 saturated heterocycles. The van der Waals surface area contributed by atoms with Crippen molar-refractivity contribution in [1.29, 1.82) is 0 Å². The third kappa shape index (κ3) is 37.1. The van der Waals surface area contributed by atoms with Crippen LogP contribution in [0.5, 0.6) is 0 Å². The molecule has 9 amide bonds. The van der Waals surface area contributed by atoms with Gasteiger partial charge in [-0.05, 0) is 181 Å². The van der Waals surface area contributed by atoms with Crippen LogP contribution >= 0.6 is 0 Å². The number of hydrogen-bond donors (Lipinski definition) is 17. The summed E-state index contributed by atoms with van der Waals surface area (Å²) in [6.07, 6.45) is 13.2. The number of unbranched alkanes of at least 4 members (excludes halogenated alkanes) is 5. The van der Waals surface area contributed by atoms with Crippen LogP contribution in [0.25, 0.3) is 0 Å². The summed E-state index contributed by atoms with van der Waals surface area (Å²) in [5, 5.41) is 85.6. The number of hydrogen-bond acceptors (Lipinski definition) is 25. The number of carboxylic acids is 5. The Morgan fingerprint density at radius 2 is 1.12 bits per heavy atom. The molecule has 6 aliphatic rings. The molecule has 4 aliphatic heterocycles. The van der Waals surface area contributed by atoms with Crippen molar-refractivity contribution in [3.63, 3.8) is 0 Å². The molecular formula is C95H135N13O26. The van der Waals surface area contributed by atoms with E-state index in [1.54, 1.807) is 27.7 Å². The zero-order valence-electron chi connectivity index (χ0n) is 78.6. The average Bonchev–Trinajstić information content (AvgIpc) is 1.58. The number of primary amides is 1. The average molecular weight is 1880 g/mol. The highest BCUT2D eigenvalue weighted by molar-refractivity contribution is 6.21. The van der Waals surface area contributed by atoms with Crippen molar-refractivity contribution in [2.45, 2.75) is 299 Å². The number of aliphatic hydroxyl groups is 2. The molecule has 19 N–H and O–H groups in total. The number of carbonyl (C=O) groups is 19. The van der Waals surface area contributed by atoms with Gasteiger partial charge in [-0.15, -0.1) is 0 Å². The van der Waals surface area contributed by atoms with E-state index in [0.717, 1.165) is 88.6 Å². The highest BCUT2D eigenvalue weighted by Gasteiger charge is 2.42. The molecule has 0 aromatic heterocycles. The molecule has 134 heavy (non-hydrogen) atoms. The first kappa shape index (κ1) is 114. The topological polar surface area (TPSA) is 651 Å². The summed E-state index contributed by atoms with van der Waals surface area (Å²) < 4.78 is 0. The van der Waals surface area contributed by atoms with Gasteiger partial charge in [0, 0.05) is 125 Å². The number of Topliss-reactive ketones (excluding diaryl/α,β-unsaturated/α-hetero) is 6. The number of allylic oxidation sites excluding steroid dienone is 14. The fraction of sp³-hybridized carbons (Fsp3) is 0.579. The quantitative estimate of drug-likeness (QED) is 0.0266. The van der Waals surface area contributed by atoms with Crippen molar-refractivity contribution >= 4 is 129 Å². The lowest BCUT2D eigenvalue weighted by Crippen LogP contribution is -2.50. The van der Waals surface area contributed by atoms with E-state index in [1.165, 1.54) is 41.7 Å². The maximum absolute atomic E-state index is 13.1. The van der Waals surface area contributed by atoms with Gasteiger partial charge in [-0.3, -0.25) is 81.7 Å². The zero-order chi connectivity index (χ0) is 100. The lowest BCUT2D eigenvalue weighted by molar-refractivity contribution is -0.143. The second kappa shape index (κ2) is 57.0. The third-order valence-electron chi connectivity index (χ3n) is 23.8. The molecule has 6 rings (SSSR count). The number of amides is 9. The minimum Gasteiger partial charge on any atom is -0.511 e. The summed E-state index contributed by atoms with van der Waals surface area (Å²) in [4.78, 5) is 242. The van der Waals surface area contributed by atoms with Crippen LogP contribution in [0.2, 0.25) is 0 Å². The van der Waals surface area contributed by atoms with Gasteiger partial charge in [0.1, 0.15) is 35.5 Å². The van der Waals surface area contributed by atoms with E-state index < -0.39 is 194 Å². The monoisotopic (exact) mass is 1870 g/mol. The Kier molecular flexibility index (Phi) is 48.4. The maximum atomic E-state index is 13.1. The Balaban J connectivity index is 0.000000430. The predicted molar refractivity (Wildman–Crippen MR) is 495 cm³/mol. The third-order valence-corrected chi connectivity index (χ3v) is 23.8. The van der Waals surface area contributed by atoms with Crippen LogP contribution in [0.15, 0.2) is 119 Å². The Labute approximate surface area is 779 Å². The lowest BCUT2D eigenvalue weighted by Gasteiger charge is -2.26. The number of aliphatic hydroxyl groups excluding tert-OH is 2. The molecule has 10 atom stereocenters. The van der Waals surface area contributed by atoms with Gasteiger partial charge < -0.3 is 94.5 Å². The number of carbonyl (C=O) groups excluding carboxylic acids is 14. The minimum absolute atomic E-state index is 0.0308. The molecule has 0 aromatic rings. The number of ketones is 6. The van der Waals surface area contributed by atoms with Crippen LogP contribution in [-0.2, 0) is 86.3 Å². The SMILES string of the molecule is C=CC1=C(C)C2=CC3=NC(=C4CC(O)=C5C4=NC(=C5C)C=C4N=C(C=C1C2)C(C)=C4CC)[C@@H](CCC(C)=O)[C@H]3C.CCC(=O)C(CC(=O)O)NC(=O)C(CC(=O)C(CCC(=O)O)NC(=O)C(CC(=O)O)CC(=O)CN)C(C)C.CCC(=O)NC(CO)C(=O)CCC(=O)NC(CCCCNC(=O)CCCCCCC(=O)NCCCC[C@H](NC(=O)N[C@@H](CCC(=O)O)C(C)=O)C(=O)O)C(N)=O. The number of aliphatic imine (C=N–C) groups is 3. The Morgan fingerprint density at radius 1 is 0.537 bits per heavy atom. The van der Waals surface area contributed by atoms with Gasteiger partial charge in [0.05, 0.1) is 78.6 Å². The molecule has 39 heteroatoms. The van der Waals surface area contributed by atoms with Crippen molar-refractivity contribution in [3.8, 4) is 0 Å². The first-order chi connectivity index (χ1) is 63.2. The van der Waals surface area contributed by atoms with E-state index in [4.69, 9.17) is 46.9 Å². The van der Waals surface area contributed by atoms with Crippen LogP contribution in [0, 0.1) is 29.6 Å². The van der Waals surface area contributed by atoms with E-state index in [9.17, 15) is 106 Å². The first-order valence-electron chi connectivity index (χ1n) is 45.6. The summed E-state index contributed by atoms with van der Waals surface area (Å²) >= 11 is 0. The summed E-state index contributed by atoms with van der Waals surface area (Å²) in [5.74, 6) is -15.0.